The van der Waals surface area contributed by atoms with E-state index >= 15 is 0 Å². The highest BCUT2D eigenvalue weighted by molar-refractivity contribution is 5.81. The molecule has 1 aliphatic carbocycles. The second-order valence-electron chi connectivity index (χ2n) is 8.43. The Kier molecular flexibility index (Phi) is 6.13. The lowest BCUT2D eigenvalue weighted by Gasteiger charge is -2.39. The SMILES string of the molecule is O=C(C1CCCCC1)N1CCC(C(=O)N2CCN(c3ccccn3)CC2)CC1. The van der Waals surface area contributed by atoms with Gasteiger partial charge in [0.1, 0.15) is 5.82 Å². The van der Waals surface area contributed by atoms with Crippen LogP contribution in [0.3, 0.4) is 0 Å². The fourth-order valence-corrected chi connectivity index (χ4v) is 4.91. The van der Waals surface area contributed by atoms with Gasteiger partial charge in [-0.15, -0.1) is 0 Å². The summed E-state index contributed by atoms with van der Waals surface area (Å²) in [6.45, 7) is 4.69. The predicted molar refractivity (Wildman–Crippen MR) is 109 cm³/mol. The maximum absolute atomic E-state index is 13.0. The molecular weight excluding hydrogens is 352 g/mol. The first kappa shape index (κ1) is 19.2. The van der Waals surface area contributed by atoms with Crippen molar-refractivity contribution < 1.29 is 9.59 Å². The van der Waals surface area contributed by atoms with E-state index in [1.807, 2.05) is 34.2 Å². The lowest BCUT2D eigenvalue weighted by atomic mass is 9.87. The molecule has 3 aliphatic rings. The molecule has 1 aromatic rings. The highest BCUT2D eigenvalue weighted by Crippen LogP contribution is 2.28. The van der Waals surface area contributed by atoms with Gasteiger partial charge < -0.3 is 14.7 Å². The van der Waals surface area contributed by atoms with E-state index in [9.17, 15) is 9.59 Å². The van der Waals surface area contributed by atoms with Crippen molar-refractivity contribution in [2.45, 2.75) is 44.9 Å². The van der Waals surface area contributed by atoms with E-state index in [1.165, 1.54) is 19.3 Å². The number of hydrogen-bond donors (Lipinski definition) is 0. The van der Waals surface area contributed by atoms with E-state index in [0.717, 1.165) is 70.8 Å². The maximum Gasteiger partial charge on any atom is 0.225 e. The second kappa shape index (κ2) is 8.93. The van der Waals surface area contributed by atoms with E-state index in [2.05, 4.69) is 9.88 Å². The molecule has 1 saturated carbocycles. The van der Waals surface area contributed by atoms with E-state index in [0.29, 0.717) is 5.91 Å². The van der Waals surface area contributed by atoms with Crippen LogP contribution >= 0.6 is 0 Å². The molecule has 0 atom stereocenters. The quantitative estimate of drug-likeness (QED) is 0.804. The van der Waals surface area contributed by atoms with Crippen molar-refractivity contribution in [2.24, 2.45) is 11.8 Å². The van der Waals surface area contributed by atoms with Gasteiger partial charge in [-0.1, -0.05) is 25.3 Å². The molecule has 28 heavy (non-hydrogen) atoms. The van der Waals surface area contributed by atoms with Crippen molar-refractivity contribution in [3.63, 3.8) is 0 Å². The number of rotatable bonds is 3. The van der Waals surface area contributed by atoms with Crippen LogP contribution in [0.5, 0.6) is 0 Å². The van der Waals surface area contributed by atoms with Gasteiger partial charge in [0, 0.05) is 57.3 Å². The first-order valence-electron chi connectivity index (χ1n) is 11.0. The van der Waals surface area contributed by atoms with Gasteiger partial charge in [0.2, 0.25) is 11.8 Å². The Morgan fingerprint density at radius 1 is 0.750 bits per heavy atom. The van der Waals surface area contributed by atoms with Crippen molar-refractivity contribution >= 4 is 17.6 Å². The molecule has 0 unspecified atom stereocenters. The molecule has 2 amide bonds. The number of aromatic nitrogens is 1. The summed E-state index contributed by atoms with van der Waals surface area (Å²) in [5.74, 6) is 1.93. The molecule has 0 spiro atoms. The minimum Gasteiger partial charge on any atom is -0.353 e. The predicted octanol–water partition coefficient (Wildman–Crippen LogP) is 2.55. The summed E-state index contributed by atoms with van der Waals surface area (Å²) in [6, 6.07) is 5.95. The zero-order valence-electron chi connectivity index (χ0n) is 16.8. The summed E-state index contributed by atoms with van der Waals surface area (Å²) in [6.07, 6.45) is 9.21. The number of pyridine rings is 1. The number of carbonyl (C=O) groups excluding carboxylic acids is 2. The highest BCUT2D eigenvalue weighted by Gasteiger charge is 2.33. The third kappa shape index (κ3) is 4.31. The number of nitrogens with zero attached hydrogens (tertiary/aromatic N) is 4. The molecule has 0 N–H and O–H groups in total. The topological polar surface area (TPSA) is 56.8 Å². The standard InChI is InChI=1S/C22H32N4O2/c27-21(18-6-2-1-3-7-18)25-12-9-19(10-13-25)22(28)26-16-14-24(15-17-26)20-8-4-5-11-23-20/h4-5,8,11,18-19H,1-3,6-7,9-10,12-17H2. The van der Waals surface area contributed by atoms with Gasteiger partial charge in [0.05, 0.1) is 0 Å². The molecule has 1 aromatic heterocycles. The maximum atomic E-state index is 13.0. The van der Waals surface area contributed by atoms with Gasteiger partial charge in [0.15, 0.2) is 0 Å². The Bertz CT molecular complexity index is 658. The van der Waals surface area contributed by atoms with Crippen LogP contribution in [0.25, 0.3) is 0 Å². The van der Waals surface area contributed by atoms with Crippen LogP contribution in [0.2, 0.25) is 0 Å². The van der Waals surface area contributed by atoms with E-state index in [4.69, 9.17) is 0 Å². The van der Waals surface area contributed by atoms with Gasteiger partial charge in [-0.05, 0) is 37.8 Å². The molecule has 6 nitrogen and oxygen atoms in total. The zero-order chi connectivity index (χ0) is 19.3. The summed E-state index contributed by atoms with van der Waals surface area (Å²) in [5, 5.41) is 0. The van der Waals surface area contributed by atoms with Gasteiger partial charge >= 0.3 is 0 Å². The molecule has 0 bridgehead atoms. The Morgan fingerprint density at radius 3 is 1.96 bits per heavy atom. The Balaban J connectivity index is 1.24. The van der Waals surface area contributed by atoms with E-state index in [1.54, 1.807) is 0 Å². The van der Waals surface area contributed by atoms with Crippen molar-refractivity contribution in [1.82, 2.24) is 14.8 Å². The number of likely N-dealkylation sites (tertiary alicyclic amines) is 1. The van der Waals surface area contributed by atoms with Gasteiger partial charge in [0.25, 0.3) is 0 Å². The number of piperidine rings is 1. The largest absolute Gasteiger partial charge is 0.353 e. The van der Waals surface area contributed by atoms with Crippen molar-refractivity contribution in [2.75, 3.05) is 44.2 Å². The Labute approximate surface area is 167 Å². The average Bonchev–Trinajstić information content (AvgIpc) is 2.79. The first-order chi connectivity index (χ1) is 13.7. The van der Waals surface area contributed by atoms with Gasteiger partial charge in [-0.3, -0.25) is 9.59 Å². The molecule has 3 fully saturated rings. The lowest BCUT2D eigenvalue weighted by molar-refractivity contribution is -0.143. The number of piperazine rings is 1. The molecule has 0 radical (unpaired) electrons. The summed E-state index contributed by atoms with van der Waals surface area (Å²) in [5.41, 5.74) is 0. The summed E-state index contributed by atoms with van der Waals surface area (Å²) in [7, 11) is 0. The molecular formula is C22H32N4O2. The minimum atomic E-state index is 0.0804. The number of carbonyl (C=O) groups is 2. The molecule has 6 heteroatoms. The average molecular weight is 385 g/mol. The zero-order valence-corrected chi connectivity index (χ0v) is 16.8. The van der Waals surface area contributed by atoms with Crippen LogP contribution in [0, 0.1) is 11.8 Å². The van der Waals surface area contributed by atoms with Crippen LogP contribution in [0.15, 0.2) is 24.4 Å². The smallest absolute Gasteiger partial charge is 0.225 e. The number of amides is 2. The molecule has 3 heterocycles. The first-order valence-corrected chi connectivity index (χ1v) is 11.0. The minimum absolute atomic E-state index is 0.0804. The third-order valence-corrected chi connectivity index (χ3v) is 6.67. The fraction of sp³-hybridized carbons (Fsp3) is 0.682. The molecule has 4 rings (SSSR count). The summed E-state index contributed by atoms with van der Waals surface area (Å²) >= 11 is 0. The Hall–Kier alpha value is -2.11. The fourth-order valence-electron chi connectivity index (χ4n) is 4.91. The van der Waals surface area contributed by atoms with Crippen LogP contribution in [-0.4, -0.2) is 65.9 Å². The van der Waals surface area contributed by atoms with Crippen LogP contribution in [0.1, 0.15) is 44.9 Å². The Morgan fingerprint density at radius 2 is 1.36 bits per heavy atom. The highest BCUT2D eigenvalue weighted by atomic mass is 16.2. The van der Waals surface area contributed by atoms with Crippen molar-refractivity contribution in [1.29, 1.82) is 0 Å². The normalized spacial score (nSPS) is 22.4. The number of hydrogen-bond acceptors (Lipinski definition) is 4. The van der Waals surface area contributed by atoms with Crippen LogP contribution in [-0.2, 0) is 9.59 Å². The lowest BCUT2D eigenvalue weighted by Crippen LogP contribution is -2.52. The van der Waals surface area contributed by atoms with Crippen molar-refractivity contribution in [3.05, 3.63) is 24.4 Å². The number of anilines is 1. The van der Waals surface area contributed by atoms with Crippen LogP contribution in [0.4, 0.5) is 5.82 Å². The third-order valence-electron chi connectivity index (χ3n) is 6.67. The van der Waals surface area contributed by atoms with Gasteiger partial charge in [-0.25, -0.2) is 4.98 Å². The summed E-state index contributed by atoms with van der Waals surface area (Å²) < 4.78 is 0. The van der Waals surface area contributed by atoms with Crippen LogP contribution < -0.4 is 4.90 Å². The molecule has 2 saturated heterocycles. The van der Waals surface area contributed by atoms with Gasteiger partial charge in [-0.2, -0.15) is 0 Å². The van der Waals surface area contributed by atoms with Crippen molar-refractivity contribution in [3.8, 4) is 0 Å². The molecule has 152 valence electrons. The molecule has 2 aliphatic heterocycles. The monoisotopic (exact) mass is 384 g/mol. The van der Waals surface area contributed by atoms with E-state index in [-0.39, 0.29) is 17.7 Å². The molecule has 0 aromatic carbocycles. The summed E-state index contributed by atoms with van der Waals surface area (Å²) in [4.78, 5) is 36.4. The van der Waals surface area contributed by atoms with E-state index < -0.39 is 0 Å². The second-order valence-corrected chi connectivity index (χ2v) is 8.43.